The van der Waals surface area contributed by atoms with Gasteiger partial charge >= 0.3 is 0 Å². The number of rotatable bonds is 5. The molecule has 1 atom stereocenters. The number of carbonyl (C=O) groups is 1. The number of ether oxygens (including phenoxy) is 1. The molecule has 0 radical (unpaired) electrons. The van der Waals surface area contributed by atoms with Crippen LogP contribution in [-0.4, -0.2) is 72.3 Å². The molecule has 3 rings (SSSR count). The molecule has 9 heteroatoms. The lowest BCUT2D eigenvalue weighted by Crippen LogP contribution is -2.50. The van der Waals surface area contributed by atoms with E-state index in [4.69, 9.17) is 4.74 Å². The maximum absolute atomic E-state index is 12.0. The minimum atomic E-state index is 0. The number of piperazine rings is 1. The van der Waals surface area contributed by atoms with E-state index in [2.05, 4.69) is 20.1 Å². The van der Waals surface area contributed by atoms with E-state index in [1.54, 1.807) is 0 Å². The zero-order valence-corrected chi connectivity index (χ0v) is 15.7. The van der Waals surface area contributed by atoms with Gasteiger partial charge < -0.3 is 19.5 Å². The fourth-order valence-corrected chi connectivity index (χ4v) is 3.06. The third kappa shape index (κ3) is 5.51. The second-order valence-corrected chi connectivity index (χ2v) is 6.04. The van der Waals surface area contributed by atoms with Crippen LogP contribution in [0.15, 0.2) is 12.4 Å². The van der Waals surface area contributed by atoms with Gasteiger partial charge in [-0.15, -0.1) is 24.8 Å². The van der Waals surface area contributed by atoms with Gasteiger partial charge in [-0.25, -0.2) is 4.98 Å². The summed E-state index contributed by atoms with van der Waals surface area (Å²) in [6.07, 6.45) is 6.16. The van der Waals surface area contributed by atoms with E-state index in [1.807, 2.05) is 24.0 Å². The zero-order chi connectivity index (χ0) is 15.4. The molecule has 1 unspecified atom stereocenters. The monoisotopic (exact) mass is 379 g/mol. The number of nitrogens with zero attached hydrogens (tertiary/aromatic N) is 4. The molecule has 0 saturated carbocycles. The minimum Gasteiger partial charge on any atom is -0.376 e. The molecule has 1 amide bonds. The van der Waals surface area contributed by atoms with E-state index in [1.165, 1.54) is 0 Å². The van der Waals surface area contributed by atoms with Crippen molar-refractivity contribution in [1.82, 2.24) is 19.8 Å². The average Bonchev–Trinajstić information content (AvgIpc) is 3.17. The van der Waals surface area contributed by atoms with Crippen molar-refractivity contribution in [2.24, 2.45) is 7.05 Å². The molecule has 138 valence electrons. The number of carbonyl (C=O) groups excluding carboxylic acids is 1. The van der Waals surface area contributed by atoms with Crippen LogP contribution in [0, 0.1) is 0 Å². The van der Waals surface area contributed by atoms with Crippen molar-refractivity contribution in [1.29, 1.82) is 0 Å². The summed E-state index contributed by atoms with van der Waals surface area (Å²) < 4.78 is 7.55. The second kappa shape index (κ2) is 10.1. The number of aromatic nitrogens is 2. The fourth-order valence-electron chi connectivity index (χ4n) is 3.06. The molecular formula is C15H27Cl2N5O2. The lowest BCUT2D eigenvalue weighted by molar-refractivity contribution is -0.122. The Hall–Kier alpha value is -1.02. The molecule has 0 bridgehead atoms. The van der Waals surface area contributed by atoms with Crippen LogP contribution in [0.3, 0.4) is 0 Å². The summed E-state index contributed by atoms with van der Waals surface area (Å²) in [6.45, 7) is 5.54. The first kappa shape index (κ1) is 21.0. The molecule has 2 aliphatic rings. The predicted molar refractivity (Wildman–Crippen MR) is 98.3 cm³/mol. The Morgan fingerprint density at radius 3 is 2.67 bits per heavy atom. The molecule has 0 aliphatic carbocycles. The number of hydrogen-bond acceptors (Lipinski definition) is 5. The first-order chi connectivity index (χ1) is 10.7. The summed E-state index contributed by atoms with van der Waals surface area (Å²) in [5, 5.41) is 2.98. The Labute approximate surface area is 155 Å². The highest BCUT2D eigenvalue weighted by Crippen LogP contribution is 2.13. The number of amides is 1. The van der Waals surface area contributed by atoms with Crippen LogP contribution < -0.4 is 10.2 Å². The van der Waals surface area contributed by atoms with E-state index in [9.17, 15) is 4.79 Å². The summed E-state index contributed by atoms with van der Waals surface area (Å²) in [5.41, 5.74) is 0. The quantitative estimate of drug-likeness (QED) is 0.814. The molecule has 0 spiro atoms. The standard InChI is InChI=1S/C15H25N5O2.2ClH/c1-18-5-4-16-15(18)20-8-6-19(7-9-20)12-14(21)17-11-13-3-2-10-22-13;;/h4-5,13H,2-3,6-12H2,1H3,(H,17,21);2*1H. The SMILES string of the molecule is Cl.Cl.Cn1ccnc1N1CCN(CC(=O)NCC2CCCO2)CC1. The third-order valence-corrected chi connectivity index (χ3v) is 4.37. The van der Waals surface area contributed by atoms with Gasteiger partial charge in [0, 0.05) is 58.8 Å². The van der Waals surface area contributed by atoms with Gasteiger partial charge in [-0.3, -0.25) is 9.69 Å². The van der Waals surface area contributed by atoms with Gasteiger partial charge in [0.05, 0.1) is 12.6 Å². The molecule has 2 saturated heterocycles. The van der Waals surface area contributed by atoms with Gasteiger partial charge in [0.1, 0.15) is 0 Å². The van der Waals surface area contributed by atoms with Crippen molar-refractivity contribution >= 4 is 36.7 Å². The molecule has 7 nitrogen and oxygen atoms in total. The normalized spacial score (nSPS) is 21.0. The lowest BCUT2D eigenvalue weighted by atomic mass is 10.2. The van der Waals surface area contributed by atoms with E-state index in [0.29, 0.717) is 13.1 Å². The zero-order valence-electron chi connectivity index (χ0n) is 14.0. The Morgan fingerprint density at radius 1 is 1.33 bits per heavy atom. The van der Waals surface area contributed by atoms with Crippen LogP contribution >= 0.6 is 24.8 Å². The van der Waals surface area contributed by atoms with E-state index in [0.717, 1.165) is 51.6 Å². The van der Waals surface area contributed by atoms with Crippen molar-refractivity contribution < 1.29 is 9.53 Å². The molecule has 0 aromatic carbocycles. The number of anilines is 1. The molecule has 1 aromatic heterocycles. The maximum Gasteiger partial charge on any atom is 0.234 e. The highest BCUT2D eigenvalue weighted by atomic mass is 35.5. The van der Waals surface area contributed by atoms with Gasteiger partial charge in [0.15, 0.2) is 0 Å². The predicted octanol–water partition coefficient (Wildman–Crippen LogP) is 0.681. The van der Waals surface area contributed by atoms with Crippen molar-refractivity contribution in [2.75, 3.05) is 50.8 Å². The van der Waals surface area contributed by atoms with Gasteiger partial charge in [0.2, 0.25) is 11.9 Å². The maximum atomic E-state index is 12.0. The van der Waals surface area contributed by atoms with Crippen LogP contribution in [0.1, 0.15) is 12.8 Å². The Balaban J connectivity index is 0.00000144. The number of halogens is 2. The van der Waals surface area contributed by atoms with Gasteiger partial charge in [-0.2, -0.15) is 0 Å². The molecule has 1 aromatic rings. The van der Waals surface area contributed by atoms with Gasteiger partial charge in [-0.1, -0.05) is 0 Å². The van der Waals surface area contributed by atoms with Crippen LogP contribution in [0.4, 0.5) is 5.95 Å². The van der Waals surface area contributed by atoms with Crippen molar-refractivity contribution in [2.45, 2.75) is 18.9 Å². The van der Waals surface area contributed by atoms with Crippen molar-refractivity contribution in [3.63, 3.8) is 0 Å². The Bertz CT molecular complexity index is 500. The van der Waals surface area contributed by atoms with E-state index >= 15 is 0 Å². The summed E-state index contributed by atoms with van der Waals surface area (Å²) in [6, 6.07) is 0. The number of nitrogens with one attached hydrogen (secondary N) is 1. The summed E-state index contributed by atoms with van der Waals surface area (Å²) >= 11 is 0. The average molecular weight is 380 g/mol. The van der Waals surface area contributed by atoms with E-state index < -0.39 is 0 Å². The molecule has 1 N–H and O–H groups in total. The van der Waals surface area contributed by atoms with Gasteiger partial charge in [0.25, 0.3) is 0 Å². The summed E-state index contributed by atoms with van der Waals surface area (Å²) in [7, 11) is 2.01. The molecule has 2 fully saturated rings. The molecule has 3 heterocycles. The third-order valence-electron chi connectivity index (χ3n) is 4.37. The first-order valence-electron chi connectivity index (χ1n) is 8.05. The highest BCUT2D eigenvalue weighted by molar-refractivity contribution is 5.85. The highest BCUT2D eigenvalue weighted by Gasteiger charge is 2.22. The number of hydrogen-bond donors (Lipinski definition) is 1. The smallest absolute Gasteiger partial charge is 0.234 e. The Kier molecular flexibility index (Phi) is 8.83. The van der Waals surface area contributed by atoms with Crippen LogP contribution in [-0.2, 0) is 16.6 Å². The second-order valence-electron chi connectivity index (χ2n) is 6.04. The fraction of sp³-hybridized carbons (Fsp3) is 0.733. The van der Waals surface area contributed by atoms with Gasteiger partial charge in [-0.05, 0) is 12.8 Å². The van der Waals surface area contributed by atoms with Crippen LogP contribution in [0.25, 0.3) is 0 Å². The first-order valence-corrected chi connectivity index (χ1v) is 8.05. The molecule has 24 heavy (non-hydrogen) atoms. The number of aryl methyl sites for hydroxylation is 1. The van der Waals surface area contributed by atoms with Crippen molar-refractivity contribution in [3.8, 4) is 0 Å². The minimum absolute atomic E-state index is 0. The Morgan fingerprint density at radius 2 is 2.08 bits per heavy atom. The summed E-state index contributed by atoms with van der Waals surface area (Å²) in [5.74, 6) is 1.10. The molecular weight excluding hydrogens is 353 g/mol. The van der Waals surface area contributed by atoms with Crippen LogP contribution in [0.2, 0.25) is 0 Å². The largest absolute Gasteiger partial charge is 0.376 e. The van der Waals surface area contributed by atoms with Crippen LogP contribution in [0.5, 0.6) is 0 Å². The van der Waals surface area contributed by atoms with Crippen molar-refractivity contribution in [3.05, 3.63) is 12.4 Å². The topological polar surface area (TPSA) is 62.6 Å². The molecule has 2 aliphatic heterocycles. The van der Waals surface area contributed by atoms with E-state index in [-0.39, 0.29) is 36.8 Å². The summed E-state index contributed by atoms with van der Waals surface area (Å²) in [4.78, 5) is 20.8. The number of imidazole rings is 1. The lowest BCUT2D eigenvalue weighted by Gasteiger charge is -2.34.